The Morgan fingerprint density at radius 3 is 2.52 bits per heavy atom. The van der Waals surface area contributed by atoms with Crippen molar-refractivity contribution in [3.63, 3.8) is 0 Å². The Balaban J connectivity index is 1.66. The molecule has 4 rings (SSSR count). The van der Waals surface area contributed by atoms with Crippen LogP contribution in [0, 0.1) is 0 Å². The molecule has 2 atom stereocenters. The van der Waals surface area contributed by atoms with Crippen LogP contribution in [0.25, 0.3) is 10.9 Å². The maximum absolute atomic E-state index is 12.9. The SMILES string of the molecule is CN(C)C(=O)[C@H]([NH2+]C[C@H](c1cccs1)c1c[nH]c2ccccc12)c1ccccc1. The molecule has 0 saturated heterocycles. The minimum absolute atomic E-state index is 0.111. The first-order valence-electron chi connectivity index (χ1n) is 9.84. The van der Waals surface area contributed by atoms with E-state index in [4.69, 9.17) is 0 Å². The van der Waals surface area contributed by atoms with Crippen LogP contribution >= 0.6 is 11.3 Å². The van der Waals surface area contributed by atoms with Gasteiger partial charge in [-0.25, -0.2) is 0 Å². The number of carbonyl (C=O) groups excluding carboxylic acids is 1. The zero-order valence-corrected chi connectivity index (χ0v) is 17.5. The zero-order valence-electron chi connectivity index (χ0n) is 16.7. The van der Waals surface area contributed by atoms with Crippen LogP contribution in [0.3, 0.4) is 0 Å². The van der Waals surface area contributed by atoms with Gasteiger partial charge < -0.3 is 15.2 Å². The molecule has 0 aliphatic rings. The van der Waals surface area contributed by atoms with Gasteiger partial charge in [0.1, 0.15) is 0 Å². The summed E-state index contributed by atoms with van der Waals surface area (Å²) >= 11 is 1.77. The maximum atomic E-state index is 12.9. The summed E-state index contributed by atoms with van der Waals surface area (Å²) in [6.07, 6.45) is 2.12. The average molecular weight is 405 g/mol. The summed E-state index contributed by atoms with van der Waals surface area (Å²) in [7, 11) is 3.64. The van der Waals surface area contributed by atoms with Gasteiger partial charge in [-0.1, -0.05) is 54.6 Å². The molecule has 0 saturated carbocycles. The number of rotatable bonds is 7. The Hall–Kier alpha value is -2.89. The molecule has 0 radical (unpaired) electrons. The van der Waals surface area contributed by atoms with Gasteiger partial charge in [-0.3, -0.25) is 4.79 Å². The summed E-state index contributed by atoms with van der Waals surface area (Å²) in [6.45, 7) is 0.793. The van der Waals surface area contributed by atoms with Crippen LogP contribution in [-0.2, 0) is 4.79 Å². The summed E-state index contributed by atoms with van der Waals surface area (Å²) in [6, 6.07) is 22.5. The lowest BCUT2D eigenvalue weighted by Crippen LogP contribution is -2.88. The van der Waals surface area contributed by atoms with Crippen molar-refractivity contribution in [3.05, 3.63) is 94.3 Å². The molecule has 2 aromatic heterocycles. The predicted octanol–water partition coefficient (Wildman–Crippen LogP) is 3.75. The Morgan fingerprint density at radius 1 is 1.03 bits per heavy atom. The van der Waals surface area contributed by atoms with E-state index in [-0.39, 0.29) is 17.9 Å². The minimum Gasteiger partial charge on any atom is -0.361 e. The standard InChI is InChI=1S/C24H25N3OS/c1-27(2)24(28)23(17-9-4-3-5-10-17)26-16-20(22-13-8-14-29-22)19-15-25-21-12-7-6-11-18(19)21/h3-15,20,23,25-26H,16H2,1-2H3/p+1/t20-,23+/m0/s1. The van der Waals surface area contributed by atoms with E-state index in [1.807, 2.05) is 44.4 Å². The monoisotopic (exact) mass is 404 g/mol. The highest BCUT2D eigenvalue weighted by Crippen LogP contribution is 2.32. The number of aromatic nitrogens is 1. The lowest BCUT2D eigenvalue weighted by Gasteiger charge is -2.22. The molecule has 3 N–H and O–H groups in total. The number of nitrogens with zero attached hydrogens (tertiary/aromatic N) is 1. The highest BCUT2D eigenvalue weighted by molar-refractivity contribution is 7.10. The first-order valence-corrected chi connectivity index (χ1v) is 10.7. The molecule has 4 nitrogen and oxygen atoms in total. The summed E-state index contributed by atoms with van der Waals surface area (Å²) in [5.74, 6) is 0.326. The molecule has 0 bridgehead atoms. The van der Waals surface area contributed by atoms with Gasteiger partial charge in [-0.15, -0.1) is 11.3 Å². The number of carbonyl (C=O) groups is 1. The summed E-state index contributed by atoms with van der Waals surface area (Å²) < 4.78 is 0. The fourth-order valence-electron chi connectivity index (χ4n) is 3.86. The fraction of sp³-hybridized carbons (Fsp3) is 0.208. The van der Waals surface area contributed by atoms with E-state index in [9.17, 15) is 4.79 Å². The van der Waals surface area contributed by atoms with Crippen molar-refractivity contribution in [2.24, 2.45) is 0 Å². The molecule has 2 heterocycles. The third-order valence-electron chi connectivity index (χ3n) is 5.36. The van der Waals surface area contributed by atoms with E-state index in [2.05, 4.69) is 58.3 Å². The lowest BCUT2D eigenvalue weighted by atomic mass is 9.95. The second kappa shape index (κ2) is 8.64. The number of hydrogen-bond acceptors (Lipinski definition) is 2. The van der Waals surface area contributed by atoms with Crippen LogP contribution in [0.15, 0.2) is 78.3 Å². The maximum Gasteiger partial charge on any atom is 0.285 e. The number of benzene rings is 2. The van der Waals surface area contributed by atoms with E-state index in [1.165, 1.54) is 15.8 Å². The van der Waals surface area contributed by atoms with E-state index < -0.39 is 0 Å². The molecule has 0 unspecified atom stereocenters. The van der Waals surface area contributed by atoms with Gasteiger partial charge in [0.25, 0.3) is 5.91 Å². The normalized spacial score (nSPS) is 13.3. The molecule has 0 spiro atoms. The molecule has 5 heteroatoms. The van der Waals surface area contributed by atoms with Gasteiger partial charge >= 0.3 is 0 Å². The predicted molar refractivity (Wildman–Crippen MR) is 119 cm³/mol. The Kier molecular flexibility index (Phi) is 5.79. The molecular formula is C24H26N3OS+. The van der Waals surface area contributed by atoms with Crippen LogP contribution in [0.4, 0.5) is 0 Å². The molecule has 0 aliphatic heterocycles. The Morgan fingerprint density at radius 2 is 1.79 bits per heavy atom. The van der Waals surface area contributed by atoms with Crippen molar-refractivity contribution in [2.45, 2.75) is 12.0 Å². The highest BCUT2D eigenvalue weighted by atomic mass is 32.1. The molecule has 148 valence electrons. The zero-order chi connectivity index (χ0) is 20.2. The number of para-hydroxylation sites is 1. The largest absolute Gasteiger partial charge is 0.361 e. The minimum atomic E-state index is -0.251. The smallest absolute Gasteiger partial charge is 0.285 e. The third-order valence-corrected chi connectivity index (χ3v) is 6.34. The molecular weight excluding hydrogens is 378 g/mol. The van der Waals surface area contributed by atoms with E-state index in [0.717, 1.165) is 17.6 Å². The second-order valence-electron chi connectivity index (χ2n) is 7.45. The van der Waals surface area contributed by atoms with Crippen molar-refractivity contribution in [1.29, 1.82) is 0 Å². The third kappa shape index (κ3) is 4.11. The second-order valence-corrected chi connectivity index (χ2v) is 8.43. The van der Waals surface area contributed by atoms with E-state index in [1.54, 1.807) is 16.2 Å². The van der Waals surface area contributed by atoms with Crippen molar-refractivity contribution in [2.75, 3.05) is 20.6 Å². The van der Waals surface area contributed by atoms with Crippen molar-refractivity contribution in [3.8, 4) is 0 Å². The van der Waals surface area contributed by atoms with E-state index >= 15 is 0 Å². The van der Waals surface area contributed by atoms with Gasteiger partial charge in [-0.2, -0.15) is 0 Å². The van der Waals surface area contributed by atoms with Crippen molar-refractivity contribution < 1.29 is 10.1 Å². The molecule has 2 aromatic carbocycles. The van der Waals surface area contributed by atoms with Gasteiger partial charge in [-0.05, 0) is 23.1 Å². The molecule has 4 aromatic rings. The van der Waals surface area contributed by atoms with Gasteiger partial charge in [0.2, 0.25) is 0 Å². The van der Waals surface area contributed by atoms with Crippen LogP contribution < -0.4 is 5.32 Å². The number of hydrogen-bond donors (Lipinski definition) is 2. The summed E-state index contributed by atoms with van der Waals surface area (Å²) in [4.78, 5) is 19.3. The summed E-state index contributed by atoms with van der Waals surface area (Å²) in [5, 5.41) is 5.55. The molecule has 0 aliphatic carbocycles. The first-order chi connectivity index (χ1) is 14.1. The number of thiophene rings is 1. The topological polar surface area (TPSA) is 52.7 Å². The Bertz CT molecular complexity index is 1070. The van der Waals surface area contributed by atoms with Crippen LogP contribution in [-0.4, -0.2) is 36.4 Å². The highest BCUT2D eigenvalue weighted by Gasteiger charge is 2.29. The van der Waals surface area contributed by atoms with Crippen LogP contribution in [0.2, 0.25) is 0 Å². The number of nitrogens with two attached hydrogens (primary N) is 1. The number of nitrogens with one attached hydrogen (secondary N) is 1. The van der Waals surface area contributed by atoms with Crippen LogP contribution in [0.5, 0.6) is 0 Å². The number of likely N-dealkylation sites (N-methyl/N-ethyl adjacent to an activating group) is 1. The number of quaternary nitrogens is 1. The molecule has 1 amide bonds. The van der Waals surface area contributed by atoms with Gasteiger partial charge in [0, 0.05) is 41.6 Å². The number of fused-ring (bicyclic) bond motifs is 1. The lowest BCUT2D eigenvalue weighted by molar-refractivity contribution is -0.684. The average Bonchev–Trinajstić information content (AvgIpc) is 3.42. The van der Waals surface area contributed by atoms with Gasteiger partial charge in [0.15, 0.2) is 6.04 Å². The Labute approximate surface area is 175 Å². The fourth-order valence-corrected chi connectivity index (χ4v) is 4.72. The number of amides is 1. The quantitative estimate of drug-likeness (QED) is 0.484. The van der Waals surface area contributed by atoms with E-state index in [0.29, 0.717) is 0 Å². The first kappa shape index (κ1) is 19.4. The van der Waals surface area contributed by atoms with Crippen molar-refractivity contribution >= 4 is 28.1 Å². The van der Waals surface area contributed by atoms with Crippen LogP contribution in [0.1, 0.15) is 28.0 Å². The summed E-state index contributed by atoms with van der Waals surface area (Å²) in [5.41, 5.74) is 3.46. The molecule has 29 heavy (non-hydrogen) atoms. The number of H-pyrrole nitrogens is 1. The van der Waals surface area contributed by atoms with Gasteiger partial charge in [0.05, 0.1) is 12.5 Å². The molecule has 0 fully saturated rings. The number of aromatic amines is 1. The van der Waals surface area contributed by atoms with Crippen molar-refractivity contribution in [1.82, 2.24) is 9.88 Å².